The lowest BCUT2D eigenvalue weighted by atomic mass is 10.1. The first-order chi connectivity index (χ1) is 10.2. The normalized spacial score (nSPS) is 15.0. The highest BCUT2D eigenvalue weighted by atomic mass is 35.5. The number of halogens is 2. The van der Waals surface area contributed by atoms with E-state index < -0.39 is 0 Å². The Hall–Kier alpha value is -1.52. The van der Waals surface area contributed by atoms with Crippen molar-refractivity contribution in [2.45, 2.75) is 19.3 Å². The summed E-state index contributed by atoms with van der Waals surface area (Å²) in [4.78, 5) is 10.9. The number of hydrogen-bond donors (Lipinski definition) is 1. The Morgan fingerprint density at radius 3 is 2.67 bits per heavy atom. The first-order valence-electron chi connectivity index (χ1n) is 7.02. The smallest absolute Gasteiger partial charge is 0.135 e. The van der Waals surface area contributed by atoms with Gasteiger partial charge in [-0.25, -0.2) is 9.97 Å². The minimum atomic E-state index is 0.498. The molecule has 110 valence electrons. The van der Waals surface area contributed by atoms with Crippen LogP contribution >= 0.6 is 23.2 Å². The van der Waals surface area contributed by atoms with Crippen LogP contribution in [-0.4, -0.2) is 23.1 Å². The van der Waals surface area contributed by atoms with Crippen LogP contribution in [0.5, 0.6) is 0 Å². The third-order valence-corrected chi connectivity index (χ3v) is 4.37. The van der Waals surface area contributed by atoms with Gasteiger partial charge in [-0.1, -0.05) is 29.3 Å². The SMILES string of the molecule is Clc1cccc(Nc2cc(N3CCCCC3)ncn2)c1Cl. The van der Waals surface area contributed by atoms with Gasteiger partial charge in [-0.2, -0.15) is 0 Å². The Balaban J connectivity index is 1.81. The molecule has 0 atom stereocenters. The maximum absolute atomic E-state index is 6.18. The summed E-state index contributed by atoms with van der Waals surface area (Å²) in [5.41, 5.74) is 0.743. The maximum atomic E-state index is 6.18. The van der Waals surface area contributed by atoms with E-state index in [9.17, 15) is 0 Å². The van der Waals surface area contributed by atoms with Gasteiger partial charge in [0.2, 0.25) is 0 Å². The summed E-state index contributed by atoms with van der Waals surface area (Å²) in [7, 11) is 0. The molecule has 1 aliphatic rings. The van der Waals surface area contributed by atoms with Gasteiger partial charge in [0.15, 0.2) is 0 Å². The minimum Gasteiger partial charge on any atom is -0.356 e. The second-order valence-electron chi connectivity index (χ2n) is 5.04. The summed E-state index contributed by atoms with van der Waals surface area (Å²) in [6, 6.07) is 7.43. The standard InChI is InChI=1S/C15H16Cl2N4/c16-11-5-4-6-12(15(11)17)20-13-9-14(19-10-18-13)21-7-2-1-3-8-21/h4-6,9-10H,1-3,7-8H2,(H,18,19,20). The van der Waals surface area contributed by atoms with Crippen molar-refractivity contribution in [2.24, 2.45) is 0 Å². The minimum absolute atomic E-state index is 0.498. The van der Waals surface area contributed by atoms with Crippen molar-refractivity contribution in [2.75, 3.05) is 23.3 Å². The average molecular weight is 323 g/mol. The van der Waals surface area contributed by atoms with Gasteiger partial charge in [0.1, 0.15) is 18.0 Å². The van der Waals surface area contributed by atoms with E-state index in [-0.39, 0.29) is 0 Å². The van der Waals surface area contributed by atoms with E-state index in [0.717, 1.165) is 30.4 Å². The van der Waals surface area contributed by atoms with Crippen LogP contribution in [0.3, 0.4) is 0 Å². The lowest BCUT2D eigenvalue weighted by Gasteiger charge is -2.27. The maximum Gasteiger partial charge on any atom is 0.135 e. The molecule has 21 heavy (non-hydrogen) atoms. The van der Waals surface area contributed by atoms with Gasteiger partial charge in [0.25, 0.3) is 0 Å². The van der Waals surface area contributed by atoms with E-state index in [2.05, 4.69) is 20.2 Å². The molecule has 0 aliphatic carbocycles. The van der Waals surface area contributed by atoms with E-state index in [0.29, 0.717) is 10.0 Å². The first kappa shape index (κ1) is 14.4. The lowest BCUT2D eigenvalue weighted by molar-refractivity contribution is 0.573. The van der Waals surface area contributed by atoms with Gasteiger partial charge in [-0.3, -0.25) is 0 Å². The molecule has 6 heteroatoms. The largest absolute Gasteiger partial charge is 0.356 e. The summed E-state index contributed by atoms with van der Waals surface area (Å²) < 4.78 is 0. The molecular weight excluding hydrogens is 307 g/mol. The van der Waals surface area contributed by atoms with Crippen LogP contribution in [0.2, 0.25) is 10.0 Å². The molecule has 1 saturated heterocycles. The molecule has 1 aromatic carbocycles. The molecule has 1 aliphatic heterocycles. The van der Waals surface area contributed by atoms with Crippen LogP contribution in [-0.2, 0) is 0 Å². The van der Waals surface area contributed by atoms with Gasteiger partial charge in [0, 0.05) is 19.2 Å². The summed E-state index contributed by atoms with van der Waals surface area (Å²) in [6.45, 7) is 2.10. The van der Waals surface area contributed by atoms with E-state index in [1.807, 2.05) is 18.2 Å². The number of anilines is 3. The third-order valence-electron chi connectivity index (χ3n) is 3.55. The third kappa shape index (κ3) is 3.39. The molecule has 0 spiro atoms. The Morgan fingerprint density at radius 1 is 1.05 bits per heavy atom. The van der Waals surface area contributed by atoms with Crippen LogP contribution in [0.25, 0.3) is 0 Å². The molecule has 4 nitrogen and oxygen atoms in total. The van der Waals surface area contributed by atoms with Crippen molar-refractivity contribution in [1.29, 1.82) is 0 Å². The molecule has 1 N–H and O–H groups in total. The van der Waals surface area contributed by atoms with Gasteiger partial charge in [-0.05, 0) is 31.4 Å². The fourth-order valence-electron chi connectivity index (χ4n) is 2.45. The van der Waals surface area contributed by atoms with Crippen molar-refractivity contribution in [3.8, 4) is 0 Å². The van der Waals surface area contributed by atoms with Crippen molar-refractivity contribution >= 4 is 40.5 Å². The Morgan fingerprint density at radius 2 is 1.86 bits per heavy atom. The van der Waals surface area contributed by atoms with Crippen molar-refractivity contribution < 1.29 is 0 Å². The van der Waals surface area contributed by atoms with Crippen LogP contribution < -0.4 is 10.2 Å². The zero-order valence-electron chi connectivity index (χ0n) is 11.5. The molecular formula is C15H16Cl2N4. The van der Waals surface area contributed by atoms with E-state index >= 15 is 0 Å². The van der Waals surface area contributed by atoms with E-state index in [4.69, 9.17) is 23.2 Å². The van der Waals surface area contributed by atoms with Crippen molar-refractivity contribution in [3.05, 3.63) is 40.6 Å². The summed E-state index contributed by atoms with van der Waals surface area (Å²) >= 11 is 12.2. The summed E-state index contributed by atoms with van der Waals surface area (Å²) in [6.07, 6.45) is 5.30. The molecule has 1 aromatic heterocycles. The van der Waals surface area contributed by atoms with E-state index in [1.165, 1.54) is 19.3 Å². The van der Waals surface area contributed by atoms with Crippen molar-refractivity contribution in [3.63, 3.8) is 0 Å². The van der Waals surface area contributed by atoms with Crippen LogP contribution in [0.4, 0.5) is 17.3 Å². The van der Waals surface area contributed by atoms with Crippen LogP contribution in [0.1, 0.15) is 19.3 Å². The Labute approximate surface area is 134 Å². The number of benzene rings is 1. The molecule has 2 heterocycles. The topological polar surface area (TPSA) is 41.0 Å². The van der Waals surface area contributed by atoms with Crippen LogP contribution in [0, 0.1) is 0 Å². The highest BCUT2D eigenvalue weighted by molar-refractivity contribution is 6.43. The fraction of sp³-hybridized carbons (Fsp3) is 0.333. The molecule has 0 saturated carbocycles. The zero-order valence-corrected chi connectivity index (χ0v) is 13.0. The number of nitrogens with zero attached hydrogens (tertiary/aromatic N) is 3. The average Bonchev–Trinajstić information content (AvgIpc) is 2.53. The molecule has 0 unspecified atom stereocenters. The van der Waals surface area contributed by atoms with Gasteiger partial charge < -0.3 is 10.2 Å². The van der Waals surface area contributed by atoms with Crippen molar-refractivity contribution in [1.82, 2.24) is 9.97 Å². The quantitative estimate of drug-likeness (QED) is 0.902. The highest BCUT2D eigenvalue weighted by Gasteiger charge is 2.13. The molecule has 2 aromatic rings. The molecule has 1 fully saturated rings. The fourth-order valence-corrected chi connectivity index (χ4v) is 2.80. The van der Waals surface area contributed by atoms with Gasteiger partial charge in [-0.15, -0.1) is 0 Å². The molecule has 0 radical (unpaired) electrons. The zero-order chi connectivity index (χ0) is 14.7. The van der Waals surface area contributed by atoms with Gasteiger partial charge in [0.05, 0.1) is 15.7 Å². The highest BCUT2D eigenvalue weighted by Crippen LogP contribution is 2.31. The molecule has 0 bridgehead atoms. The number of rotatable bonds is 3. The van der Waals surface area contributed by atoms with E-state index in [1.54, 1.807) is 12.4 Å². The first-order valence-corrected chi connectivity index (χ1v) is 7.77. The second kappa shape index (κ2) is 6.50. The predicted molar refractivity (Wildman–Crippen MR) is 87.8 cm³/mol. The monoisotopic (exact) mass is 322 g/mol. The molecule has 3 rings (SSSR count). The number of piperidine rings is 1. The second-order valence-corrected chi connectivity index (χ2v) is 5.82. The van der Waals surface area contributed by atoms with Gasteiger partial charge >= 0.3 is 0 Å². The number of aromatic nitrogens is 2. The Bertz CT molecular complexity index is 627. The lowest BCUT2D eigenvalue weighted by Crippen LogP contribution is -2.30. The number of hydrogen-bond acceptors (Lipinski definition) is 4. The predicted octanol–water partition coefficient (Wildman–Crippen LogP) is 4.52. The summed E-state index contributed by atoms with van der Waals surface area (Å²) in [5.74, 6) is 1.67. The van der Waals surface area contributed by atoms with Crippen LogP contribution in [0.15, 0.2) is 30.6 Å². The Kier molecular flexibility index (Phi) is 4.46. The summed E-state index contributed by atoms with van der Waals surface area (Å²) in [5, 5.41) is 4.22. The molecule has 0 amide bonds. The number of nitrogens with one attached hydrogen (secondary N) is 1.